The maximum absolute atomic E-state index is 13.4. The lowest BCUT2D eigenvalue weighted by molar-refractivity contribution is 0.0513. The number of aromatic nitrogens is 1. The molecule has 30 heavy (non-hydrogen) atoms. The first-order valence-electron chi connectivity index (χ1n) is 10.5. The molecule has 0 radical (unpaired) electrons. The Bertz CT molecular complexity index is 910. The number of esters is 1. The van der Waals surface area contributed by atoms with Crippen molar-refractivity contribution in [3.63, 3.8) is 0 Å². The Balaban J connectivity index is 1.76. The number of hydrogen-bond acceptors (Lipinski definition) is 4. The lowest BCUT2D eigenvalue weighted by Crippen LogP contribution is -2.48. The van der Waals surface area contributed by atoms with E-state index in [0.29, 0.717) is 43.1 Å². The first kappa shape index (κ1) is 21.8. The largest absolute Gasteiger partial charge is 0.461 e. The quantitative estimate of drug-likeness (QED) is 0.519. The van der Waals surface area contributed by atoms with Crippen LogP contribution >= 0.6 is 0 Å². The number of piperazine rings is 1. The molecule has 1 aromatic carbocycles. The Labute approximate surface area is 178 Å². The molecule has 1 fully saturated rings. The van der Waals surface area contributed by atoms with E-state index in [0.717, 1.165) is 25.3 Å². The Kier molecular flexibility index (Phi) is 7.11. The summed E-state index contributed by atoms with van der Waals surface area (Å²) in [6.07, 6.45) is 1.73. The van der Waals surface area contributed by atoms with Crippen LogP contribution in [0.4, 0.5) is 0 Å². The predicted octanol–water partition coefficient (Wildman–Crippen LogP) is 3.43. The van der Waals surface area contributed by atoms with Crippen molar-refractivity contribution in [3.8, 4) is 0 Å². The first-order chi connectivity index (χ1) is 14.5. The summed E-state index contributed by atoms with van der Waals surface area (Å²) in [7, 11) is 0. The SMILES string of the molecule is C=CCn1c(C)c(C(=O)N2CCN(Cc3ccccc3)CC2)c(C)c1C(=O)OCC. The minimum Gasteiger partial charge on any atom is -0.461 e. The zero-order chi connectivity index (χ0) is 21.7. The standard InChI is InChI=1S/C24H31N3O3/c1-5-12-27-19(4)21(18(3)22(27)24(29)30-6-2)23(28)26-15-13-25(14-16-26)17-20-10-8-7-9-11-20/h5,7-11H,1,6,12-17H2,2-4H3. The molecule has 6 nitrogen and oxygen atoms in total. The van der Waals surface area contributed by atoms with Gasteiger partial charge >= 0.3 is 5.97 Å². The van der Waals surface area contributed by atoms with Gasteiger partial charge in [0, 0.05) is 45.0 Å². The Morgan fingerprint density at radius 1 is 1.10 bits per heavy atom. The molecule has 1 amide bonds. The number of ether oxygens (including phenoxy) is 1. The average molecular weight is 410 g/mol. The van der Waals surface area contributed by atoms with Gasteiger partial charge in [0.2, 0.25) is 0 Å². The summed E-state index contributed by atoms with van der Waals surface area (Å²) >= 11 is 0. The van der Waals surface area contributed by atoms with Crippen LogP contribution in [0.1, 0.15) is 44.6 Å². The minimum absolute atomic E-state index is 0.0160. The number of amides is 1. The van der Waals surface area contributed by atoms with Gasteiger partial charge in [-0.1, -0.05) is 36.4 Å². The normalized spacial score (nSPS) is 14.6. The number of hydrogen-bond donors (Lipinski definition) is 0. The van der Waals surface area contributed by atoms with Crippen molar-refractivity contribution in [3.05, 3.63) is 71.1 Å². The van der Waals surface area contributed by atoms with Crippen molar-refractivity contribution in [2.45, 2.75) is 33.9 Å². The number of benzene rings is 1. The average Bonchev–Trinajstić information content (AvgIpc) is 2.99. The Morgan fingerprint density at radius 2 is 1.77 bits per heavy atom. The van der Waals surface area contributed by atoms with Crippen molar-refractivity contribution in [1.29, 1.82) is 0 Å². The lowest BCUT2D eigenvalue weighted by Gasteiger charge is -2.35. The molecule has 1 aliphatic heterocycles. The van der Waals surface area contributed by atoms with Crippen molar-refractivity contribution in [2.75, 3.05) is 32.8 Å². The Hall–Kier alpha value is -2.86. The molecule has 0 bridgehead atoms. The van der Waals surface area contributed by atoms with E-state index < -0.39 is 5.97 Å². The van der Waals surface area contributed by atoms with Crippen LogP contribution in [0.25, 0.3) is 0 Å². The maximum atomic E-state index is 13.4. The summed E-state index contributed by atoms with van der Waals surface area (Å²) in [6.45, 7) is 13.9. The van der Waals surface area contributed by atoms with Gasteiger partial charge in [-0.25, -0.2) is 4.79 Å². The third-order valence-electron chi connectivity index (χ3n) is 5.67. The van der Waals surface area contributed by atoms with Gasteiger partial charge < -0.3 is 14.2 Å². The summed E-state index contributed by atoms with van der Waals surface area (Å²) in [5.74, 6) is -0.413. The van der Waals surface area contributed by atoms with Crippen LogP contribution in [0, 0.1) is 13.8 Å². The van der Waals surface area contributed by atoms with Crippen LogP contribution < -0.4 is 0 Å². The molecular formula is C24H31N3O3. The molecule has 1 aromatic heterocycles. The van der Waals surface area contributed by atoms with E-state index in [9.17, 15) is 9.59 Å². The smallest absolute Gasteiger partial charge is 0.355 e. The molecule has 3 rings (SSSR count). The zero-order valence-corrected chi connectivity index (χ0v) is 18.2. The monoisotopic (exact) mass is 409 g/mol. The molecule has 0 unspecified atom stereocenters. The predicted molar refractivity (Wildman–Crippen MR) is 118 cm³/mol. The molecular weight excluding hydrogens is 378 g/mol. The van der Waals surface area contributed by atoms with Crippen molar-refractivity contribution in [1.82, 2.24) is 14.4 Å². The van der Waals surface area contributed by atoms with Gasteiger partial charge in [-0.3, -0.25) is 9.69 Å². The van der Waals surface area contributed by atoms with Gasteiger partial charge in [-0.15, -0.1) is 6.58 Å². The van der Waals surface area contributed by atoms with Gasteiger partial charge in [-0.2, -0.15) is 0 Å². The molecule has 1 saturated heterocycles. The van der Waals surface area contributed by atoms with Crippen molar-refractivity contribution < 1.29 is 14.3 Å². The van der Waals surface area contributed by atoms with Gasteiger partial charge in [0.25, 0.3) is 5.91 Å². The zero-order valence-electron chi connectivity index (χ0n) is 18.2. The van der Waals surface area contributed by atoms with Crippen LogP contribution in [-0.4, -0.2) is 59.0 Å². The lowest BCUT2D eigenvalue weighted by atomic mass is 10.1. The summed E-state index contributed by atoms with van der Waals surface area (Å²) in [5, 5.41) is 0. The summed E-state index contributed by atoms with van der Waals surface area (Å²) in [5.41, 5.74) is 3.80. The van der Waals surface area contributed by atoms with E-state index in [1.807, 2.05) is 29.4 Å². The van der Waals surface area contributed by atoms with Crippen LogP contribution in [0.3, 0.4) is 0 Å². The second kappa shape index (κ2) is 9.76. The highest BCUT2D eigenvalue weighted by atomic mass is 16.5. The molecule has 0 aliphatic carbocycles. The fraction of sp³-hybridized carbons (Fsp3) is 0.417. The third kappa shape index (κ3) is 4.49. The second-order valence-corrected chi connectivity index (χ2v) is 7.61. The van der Waals surface area contributed by atoms with Crippen LogP contribution in [0.5, 0.6) is 0 Å². The van der Waals surface area contributed by atoms with Crippen molar-refractivity contribution in [2.24, 2.45) is 0 Å². The van der Waals surface area contributed by atoms with E-state index >= 15 is 0 Å². The van der Waals surface area contributed by atoms with Crippen LogP contribution in [0.2, 0.25) is 0 Å². The van der Waals surface area contributed by atoms with Crippen LogP contribution in [0.15, 0.2) is 43.0 Å². The molecule has 2 aromatic rings. The number of allylic oxidation sites excluding steroid dienone is 1. The Morgan fingerprint density at radius 3 is 2.37 bits per heavy atom. The fourth-order valence-corrected chi connectivity index (χ4v) is 4.14. The number of carbonyl (C=O) groups excluding carboxylic acids is 2. The molecule has 0 atom stereocenters. The second-order valence-electron chi connectivity index (χ2n) is 7.61. The van der Waals surface area contributed by atoms with Gasteiger partial charge in [0.15, 0.2) is 0 Å². The molecule has 2 heterocycles. The third-order valence-corrected chi connectivity index (χ3v) is 5.67. The topological polar surface area (TPSA) is 54.8 Å². The van der Waals surface area contributed by atoms with Crippen LogP contribution in [-0.2, 0) is 17.8 Å². The minimum atomic E-state index is -0.397. The molecule has 160 valence electrons. The number of carbonyl (C=O) groups is 2. The van der Waals surface area contributed by atoms with E-state index in [1.165, 1.54) is 5.56 Å². The number of rotatable bonds is 7. The molecule has 6 heteroatoms. The summed E-state index contributed by atoms with van der Waals surface area (Å²) < 4.78 is 7.07. The molecule has 1 aliphatic rings. The maximum Gasteiger partial charge on any atom is 0.355 e. The van der Waals surface area contributed by atoms with Crippen molar-refractivity contribution >= 4 is 11.9 Å². The van der Waals surface area contributed by atoms with E-state index in [1.54, 1.807) is 13.0 Å². The first-order valence-corrected chi connectivity index (χ1v) is 10.5. The highest BCUT2D eigenvalue weighted by Gasteiger charge is 2.30. The fourth-order valence-electron chi connectivity index (χ4n) is 4.14. The highest BCUT2D eigenvalue weighted by Crippen LogP contribution is 2.25. The van der Waals surface area contributed by atoms with Gasteiger partial charge in [-0.05, 0) is 31.9 Å². The summed E-state index contributed by atoms with van der Waals surface area (Å²) in [4.78, 5) is 30.2. The molecule has 0 saturated carbocycles. The molecule has 0 N–H and O–H groups in total. The highest BCUT2D eigenvalue weighted by molar-refractivity contribution is 6.01. The molecule has 0 spiro atoms. The van der Waals surface area contributed by atoms with E-state index in [-0.39, 0.29) is 5.91 Å². The summed E-state index contributed by atoms with van der Waals surface area (Å²) in [6, 6.07) is 10.4. The van der Waals surface area contributed by atoms with E-state index in [4.69, 9.17) is 4.74 Å². The van der Waals surface area contributed by atoms with Gasteiger partial charge in [0.05, 0.1) is 12.2 Å². The van der Waals surface area contributed by atoms with Gasteiger partial charge in [0.1, 0.15) is 5.69 Å². The van der Waals surface area contributed by atoms with E-state index in [2.05, 4.69) is 35.7 Å². The number of nitrogens with zero attached hydrogens (tertiary/aromatic N) is 3.